The third kappa shape index (κ3) is 14.9. The molecule has 0 heterocycles. The Kier molecular flexibility index (Phi) is 19.5. The molecule has 0 aliphatic carbocycles. The summed E-state index contributed by atoms with van der Waals surface area (Å²) < 4.78 is 18.9. The van der Waals surface area contributed by atoms with E-state index < -0.39 is 8.80 Å². The minimum Gasteiger partial charge on any atom is -0.370 e. The molecular formula is C22H46O3Si. The molecule has 0 bridgehead atoms. The van der Waals surface area contributed by atoms with Crippen molar-refractivity contribution in [1.29, 1.82) is 0 Å². The largest absolute Gasteiger partial charge is 0.529 e. The Balaban J connectivity index is 4.61. The molecule has 3 nitrogen and oxygen atoms in total. The normalized spacial score (nSPS) is 12.3. The number of rotatable bonds is 20. The van der Waals surface area contributed by atoms with Crippen LogP contribution in [0.4, 0.5) is 0 Å². The monoisotopic (exact) mass is 386 g/mol. The molecule has 4 heteroatoms. The maximum absolute atomic E-state index is 6.30. The third-order valence-corrected chi connectivity index (χ3v) is 6.92. The lowest BCUT2D eigenvalue weighted by atomic mass is 10.2. The van der Waals surface area contributed by atoms with Gasteiger partial charge in [0, 0.05) is 19.8 Å². The first-order chi connectivity index (χ1) is 12.7. The number of hydrogen-bond donors (Lipinski definition) is 0. The Morgan fingerprint density at radius 1 is 0.538 bits per heavy atom. The zero-order valence-corrected chi connectivity index (χ0v) is 19.2. The van der Waals surface area contributed by atoms with Gasteiger partial charge in [-0.05, 0) is 31.4 Å². The van der Waals surface area contributed by atoms with Crippen LogP contribution in [0, 0.1) is 0 Å². The van der Waals surface area contributed by atoms with Crippen LogP contribution in [0.2, 0.25) is 0 Å². The van der Waals surface area contributed by atoms with Crippen LogP contribution in [-0.4, -0.2) is 28.6 Å². The molecule has 0 aromatic heterocycles. The lowest BCUT2D eigenvalue weighted by molar-refractivity contribution is 0.0673. The molecule has 0 rings (SSSR count). The predicted molar refractivity (Wildman–Crippen MR) is 115 cm³/mol. The first-order valence-corrected chi connectivity index (χ1v) is 13.1. The van der Waals surface area contributed by atoms with Gasteiger partial charge in [-0.1, -0.05) is 91.6 Å². The molecule has 0 unspecified atom stereocenters. The van der Waals surface area contributed by atoms with E-state index in [1.54, 1.807) is 0 Å². The number of hydrogen-bond acceptors (Lipinski definition) is 3. The summed E-state index contributed by atoms with van der Waals surface area (Å²) in [5.74, 6) is 0. The van der Waals surface area contributed by atoms with Gasteiger partial charge in [-0.2, -0.15) is 0 Å². The first-order valence-electron chi connectivity index (χ1n) is 11.3. The van der Waals surface area contributed by atoms with Crippen molar-refractivity contribution in [2.75, 3.05) is 19.8 Å². The number of allylic oxidation sites excluding steroid dienone is 1. The summed E-state index contributed by atoms with van der Waals surface area (Å²) in [4.78, 5) is 0. The Morgan fingerprint density at radius 3 is 1.23 bits per heavy atom. The Morgan fingerprint density at radius 2 is 0.923 bits per heavy atom. The summed E-state index contributed by atoms with van der Waals surface area (Å²) in [6, 6.07) is 0. The summed E-state index contributed by atoms with van der Waals surface area (Å²) in [7, 11) is -2.68. The van der Waals surface area contributed by atoms with Crippen LogP contribution in [0.25, 0.3) is 0 Å². The van der Waals surface area contributed by atoms with Crippen molar-refractivity contribution in [3.05, 3.63) is 11.8 Å². The summed E-state index contributed by atoms with van der Waals surface area (Å²) in [5, 5.41) is 0. The van der Waals surface area contributed by atoms with E-state index in [2.05, 4.69) is 39.5 Å². The topological polar surface area (TPSA) is 27.7 Å². The van der Waals surface area contributed by atoms with E-state index in [-0.39, 0.29) is 0 Å². The molecule has 0 aliphatic rings. The van der Waals surface area contributed by atoms with Gasteiger partial charge in [0.05, 0.1) is 0 Å². The highest BCUT2D eigenvalue weighted by atomic mass is 28.4. The van der Waals surface area contributed by atoms with Gasteiger partial charge in [-0.3, -0.25) is 0 Å². The molecule has 26 heavy (non-hydrogen) atoms. The summed E-state index contributed by atoms with van der Waals surface area (Å²) in [5.41, 5.74) is 2.13. The fraction of sp³-hybridized carbons (Fsp3) is 0.909. The zero-order chi connectivity index (χ0) is 19.3. The molecule has 0 N–H and O–H groups in total. The van der Waals surface area contributed by atoms with Gasteiger partial charge >= 0.3 is 8.80 Å². The molecule has 0 aromatic rings. The molecule has 156 valence electrons. The van der Waals surface area contributed by atoms with Crippen LogP contribution < -0.4 is 0 Å². The number of unbranched alkanes of at least 4 members (excludes halogenated alkanes) is 9. The van der Waals surface area contributed by atoms with Crippen molar-refractivity contribution in [1.82, 2.24) is 0 Å². The second kappa shape index (κ2) is 19.6. The van der Waals surface area contributed by atoms with Crippen molar-refractivity contribution in [2.24, 2.45) is 0 Å². The fourth-order valence-corrected chi connectivity index (χ4v) is 5.11. The highest BCUT2D eigenvalue weighted by Gasteiger charge is 2.38. The molecule has 0 radical (unpaired) electrons. The zero-order valence-electron chi connectivity index (χ0n) is 18.2. The second-order valence-electron chi connectivity index (χ2n) is 7.14. The highest BCUT2D eigenvalue weighted by Crippen LogP contribution is 2.17. The average Bonchev–Trinajstić information content (AvgIpc) is 2.65. The molecule has 0 aromatic carbocycles. The van der Waals surface area contributed by atoms with Gasteiger partial charge in [0.1, 0.15) is 0 Å². The van der Waals surface area contributed by atoms with Crippen LogP contribution >= 0.6 is 0 Å². The minimum absolute atomic E-state index is 0.754. The third-order valence-electron chi connectivity index (χ3n) is 4.46. The standard InChI is InChI=1S/C22H46O3Si/c1-5-9-13-16-19-23-26(22-12-8-4,24-20-17-14-10-6-2)25-21-18-15-11-7-3/h12,22H,5-11,13-21H2,1-4H3. The molecule has 0 spiro atoms. The predicted octanol–water partition coefficient (Wildman–Crippen LogP) is 7.22. The molecule has 0 aliphatic heterocycles. The maximum Gasteiger partial charge on any atom is 0.529 e. The van der Waals surface area contributed by atoms with Crippen LogP contribution in [0.1, 0.15) is 111 Å². The van der Waals surface area contributed by atoms with Crippen LogP contribution in [-0.2, 0) is 13.3 Å². The van der Waals surface area contributed by atoms with E-state index in [9.17, 15) is 0 Å². The molecule has 0 saturated carbocycles. The molecular weight excluding hydrogens is 340 g/mol. The molecule has 0 saturated heterocycles. The quantitative estimate of drug-likeness (QED) is 0.163. The van der Waals surface area contributed by atoms with E-state index in [0.29, 0.717) is 0 Å². The van der Waals surface area contributed by atoms with Crippen molar-refractivity contribution < 1.29 is 13.3 Å². The van der Waals surface area contributed by atoms with Gasteiger partial charge in [-0.25, -0.2) is 0 Å². The Bertz CT molecular complexity index is 272. The summed E-state index contributed by atoms with van der Waals surface area (Å²) >= 11 is 0. The van der Waals surface area contributed by atoms with Crippen LogP contribution in [0.3, 0.4) is 0 Å². The summed E-state index contributed by atoms with van der Waals surface area (Å²) in [6.45, 7) is 11.1. The van der Waals surface area contributed by atoms with Gasteiger partial charge in [-0.15, -0.1) is 0 Å². The van der Waals surface area contributed by atoms with E-state index in [4.69, 9.17) is 13.3 Å². The van der Waals surface area contributed by atoms with E-state index in [1.807, 2.05) is 0 Å². The van der Waals surface area contributed by atoms with Gasteiger partial charge in [0.25, 0.3) is 0 Å². The van der Waals surface area contributed by atoms with Gasteiger partial charge < -0.3 is 13.3 Å². The van der Waals surface area contributed by atoms with Crippen molar-refractivity contribution in [2.45, 2.75) is 111 Å². The van der Waals surface area contributed by atoms with E-state index in [1.165, 1.54) is 57.8 Å². The van der Waals surface area contributed by atoms with Crippen molar-refractivity contribution in [3.63, 3.8) is 0 Å². The molecule has 0 fully saturated rings. The van der Waals surface area contributed by atoms with Crippen LogP contribution in [0.5, 0.6) is 0 Å². The SMILES string of the molecule is CCC=C[Si](OCCCCCC)(OCCCCCC)OCCCCCC. The van der Waals surface area contributed by atoms with E-state index >= 15 is 0 Å². The minimum atomic E-state index is -2.68. The van der Waals surface area contributed by atoms with Crippen LogP contribution in [0.15, 0.2) is 11.8 Å². The Hall–Kier alpha value is -0.163. The maximum atomic E-state index is 6.30. The lowest BCUT2D eigenvalue weighted by Crippen LogP contribution is -2.45. The molecule has 0 atom stereocenters. The van der Waals surface area contributed by atoms with Gasteiger partial charge in [0.15, 0.2) is 0 Å². The fourth-order valence-electron chi connectivity index (χ4n) is 2.76. The lowest BCUT2D eigenvalue weighted by Gasteiger charge is -2.27. The Labute approximate surface area is 165 Å². The molecule has 0 amide bonds. The van der Waals surface area contributed by atoms with E-state index in [0.717, 1.165) is 45.5 Å². The second-order valence-corrected chi connectivity index (χ2v) is 9.55. The average molecular weight is 387 g/mol. The van der Waals surface area contributed by atoms with Gasteiger partial charge in [0.2, 0.25) is 0 Å². The summed E-state index contributed by atoms with van der Waals surface area (Å²) in [6.07, 6.45) is 17.7. The smallest absolute Gasteiger partial charge is 0.370 e. The van der Waals surface area contributed by atoms with Crippen molar-refractivity contribution >= 4 is 8.80 Å². The van der Waals surface area contributed by atoms with Crippen molar-refractivity contribution in [3.8, 4) is 0 Å². The first kappa shape index (κ1) is 25.8. The highest BCUT2D eigenvalue weighted by molar-refractivity contribution is 6.66.